The van der Waals surface area contributed by atoms with Crippen LogP contribution < -0.4 is 10.6 Å². The Morgan fingerprint density at radius 1 is 1.47 bits per heavy atom. The van der Waals surface area contributed by atoms with Gasteiger partial charge in [0.2, 0.25) is 5.91 Å². The Bertz CT molecular complexity index is 250. The van der Waals surface area contributed by atoms with Crippen molar-refractivity contribution in [1.29, 1.82) is 0 Å². The van der Waals surface area contributed by atoms with Gasteiger partial charge in [-0.1, -0.05) is 13.8 Å². The first kappa shape index (κ1) is 14.5. The third-order valence-corrected chi connectivity index (χ3v) is 3.19. The van der Waals surface area contributed by atoms with E-state index in [0.717, 1.165) is 32.4 Å². The summed E-state index contributed by atoms with van der Waals surface area (Å²) in [4.78, 5) is 11.7. The van der Waals surface area contributed by atoms with E-state index in [1.54, 1.807) is 7.11 Å². The summed E-state index contributed by atoms with van der Waals surface area (Å²) in [6.07, 6.45) is 3.27. The highest BCUT2D eigenvalue weighted by Gasteiger charge is 2.26. The van der Waals surface area contributed by atoms with Gasteiger partial charge < -0.3 is 15.4 Å². The second-order valence-electron chi connectivity index (χ2n) is 5.79. The lowest BCUT2D eigenvalue weighted by molar-refractivity contribution is -0.123. The van der Waals surface area contributed by atoms with E-state index in [2.05, 4.69) is 24.5 Å². The first-order chi connectivity index (χ1) is 7.94. The first-order valence-electron chi connectivity index (χ1n) is 6.47. The van der Waals surface area contributed by atoms with Crippen LogP contribution in [0.1, 0.15) is 40.0 Å². The molecule has 1 rings (SSSR count). The molecule has 1 aliphatic carbocycles. The summed E-state index contributed by atoms with van der Waals surface area (Å²) in [5.74, 6) is 0.120. The molecular weight excluding hydrogens is 216 g/mol. The molecular formula is C13H26N2O2. The van der Waals surface area contributed by atoms with Crippen molar-refractivity contribution < 1.29 is 9.53 Å². The van der Waals surface area contributed by atoms with Crippen LogP contribution in [0, 0.1) is 5.41 Å². The number of rotatable bonds is 8. The Hall–Kier alpha value is -0.610. The number of ether oxygens (including phenoxy) is 1. The second-order valence-corrected chi connectivity index (χ2v) is 5.79. The molecule has 1 unspecified atom stereocenters. The van der Waals surface area contributed by atoms with Crippen molar-refractivity contribution >= 4 is 5.91 Å². The number of hydrogen-bond acceptors (Lipinski definition) is 3. The van der Waals surface area contributed by atoms with E-state index in [1.165, 1.54) is 0 Å². The zero-order chi connectivity index (χ0) is 12.9. The van der Waals surface area contributed by atoms with E-state index in [9.17, 15) is 4.79 Å². The fraction of sp³-hybridized carbons (Fsp3) is 0.923. The molecule has 100 valence electrons. The summed E-state index contributed by atoms with van der Waals surface area (Å²) >= 11 is 0. The molecule has 0 saturated heterocycles. The van der Waals surface area contributed by atoms with Gasteiger partial charge in [-0.3, -0.25) is 4.79 Å². The molecule has 1 fully saturated rings. The van der Waals surface area contributed by atoms with Crippen LogP contribution in [0.3, 0.4) is 0 Å². The number of amides is 1. The van der Waals surface area contributed by atoms with Gasteiger partial charge in [-0.05, 0) is 31.6 Å². The van der Waals surface area contributed by atoms with Gasteiger partial charge in [-0.25, -0.2) is 0 Å². The molecule has 4 nitrogen and oxygen atoms in total. The number of hydrogen-bond donors (Lipinski definition) is 2. The van der Waals surface area contributed by atoms with Gasteiger partial charge in [0.05, 0.1) is 6.04 Å². The Labute approximate surface area is 104 Å². The summed E-state index contributed by atoms with van der Waals surface area (Å²) in [7, 11) is 1.72. The Kier molecular flexibility index (Phi) is 5.40. The van der Waals surface area contributed by atoms with Gasteiger partial charge in [0.25, 0.3) is 0 Å². The van der Waals surface area contributed by atoms with Crippen LogP contribution >= 0.6 is 0 Å². The van der Waals surface area contributed by atoms with Crippen LogP contribution in [-0.4, -0.2) is 38.3 Å². The van der Waals surface area contributed by atoms with Crippen molar-refractivity contribution in [3.8, 4) is 0 Å². The minimum absolute atomic E-state index is 0.114. The molecule has 0 radical (unpaired) electrons. The number of nitrogens with one attached hydrogen (secondary N) is 2. The summed E-state index contributed by atoms with van der Waals surface area (Å²) in [5, 5.41) is 6.30. The van der Waals surface area contributed by atoms with Crippen LogP contribution in [0.15, 0.2) is 0 Å². The van der Waals surface area contributed by atoms with E-state index in [4.69, 9.17) is 4.74 Å². The van der Waals surface area contributed by atoms with Crippen LogP contribution in [0.5, 0.6) is 0 Å². The van der Waals surface area contributed by atoms with Crippen molar-refractivity contribution in [3.63, 3.8) is 0 Å². The standard InChI is InChI=1S/C13H26N2O2/c1-10(12(16)15-11-5-6-11)14-9-13(2,3)7-8-17-4/h10-11,14H,5-9H2,1-4H3,(H,15,16). The lowest BCUT2D eigenvalue weighted by Crippen LogP contribution is -2.46. The molecule has 0 aromatic rings. The maximum Gasteiger partial charge on any atom is 0.237 e. The van der Waals surface area contributed by atoms with Crippen LogP contribution in [0.4, 0.5) is 0 Å². The quantitative estimate of drug-likeness (QED) is 0.674. The van der Waals surface area contributed by atoms with Gasteiger partial charge in [-0.2, -0.15) is 0 Å². The monoisotopic (exact) mass is 242 g/mol. The summed E-state index contributed by atoms with van der Waals surface area (Å²) in [5.41, 5.74) is 0.157. The molecule has 1 saturated carbocycles. The smallest absolute Gasteiger partial charge is 0.237 e. The molecule has 1 amide bonds. The highest BCUT2D eigenvalue weighted by Crippen LogP contribution is 2.20. The normalized spacial score (nSPS) is 17.9. The van der Waals surface area contributed by atoms with Gasteiger partial charge in [-0.15, -0.1) is 0 Å². The summed E-state index contributed by atoms with van der Waals surface area (Å²) in [6.45, 7) is 7.88. The second kappa shape index (κ2) is 6.36. The molecule has 1 atom stereocenters. The Balaban J connectivity index is 2.20. The van der Waals surface area contributed by atoms with Crippen molar-refractivity contribution in [2.24, 2.45) is 5.41 Å². The Morgan fingerprint density at radius 2 is 2.12 bits per heavy atom. The average Bonchev–Trinajstić information content (AvgIpc) is 3.07. The average molecular weight is 242 g/mol. The maximum absolute atomic E-state index is 11.7. The van der Waals surface area contributed by atoms with Crippen LogP contribution in [0.25, 0.3) is 0 Å². The van der Waals surface area contributed by atoms with Crippen LogP contribution in [-0.2, 0) is 9.53 Å². The molecule has 1 aliphatic rings. The Morgan fingerprint density at radius 3 is 2.65 bits per heavy atom. The topological polar surface area (TPSA) is 50.4 Å². The highest BCUT2D eigenvalue weighted by atomic mass is 16.5. The minimum atomic E-state index is -0.114. The predicted octanol–water partition coefficient (Wildman–Crippen LogP) is 1.31. The van der Waals surface area contributed by atoms with Crippen LogP contribution in [0.2, 0.25) is 0 Å². The van der Waals surface area contributed by atoms with Gasteiger partial charge in [0.15, 0.2) is 0 Å². The summed E-state index contributed by atoms with van der Waals surface area (Å²) < 4.78 is 5.09. The lowest BCUT2D eigenvalue weighted by atomic mass is 9.89. The van der Waals surface area contributed by atoms with E-state index >= 15 is 0 Å². The van der Waals surface area contributed by atoms with Crippen molar-refractivity contribution in [3.05, 3.63) is 0 Å². The predicted molar refractivity (Wildman–Crippen MR) is 68.9 cm³/mol. The molecule has 4 heteroatoms. The number of carbonyl (C=O) groups excluding carboxylic acids is 1. The molecule has 17 heavy (non-hydrogen) atoms. The molecule has 2 N–H and O–H groups in total. The van der Waals surface area contributed by atoms with Gasteiger partial charge >= 0.3 is 0 Å². The fourth-order valence-corrected chi connectivity index (χ4v) is 1.54. The zero-order valence-electron chi connectivity index (χ0n) is 11.5. The van der Waals surface area contributed by atoms with E-state index in [0.29, 0.717) is 6.04 Å². The number of methoxy groups -OCH3 is 1. The molecule has 0 heterocycles. The van der Waals surface area contributed by atoms with E-state index in [-0.39, 0.29) is 17.4 Å². The maximum atomic E-state index is 11.7. The SMILES string of the molecule is COCCC(C)(C)CNC(C)C(=O)NC1CC1. The molecule has 0 aromatic carbocycles. The third-order valence-electron chi connectivity index (χ3n) is 3.19. The largest absolute Gasteiger partial charge is 0.385 e. The number of carbonyl (C=O) groups is 1. The molecule has 0 aromatic heterocycles. The van der Waals surface area contributed by atoms with Crippen molar-refractivity contribution in [2.75, 3.05) is 20.3 Å². The first-order valence-corrected chi connectivity index (χ1v) is 6.47. The lowest BCUT2D eigenvalue weighted by Gasteiger charge is -2.26. The zero-order valence-corrected chi connectivity index (χ0v) is 11.5. The molecule has 0 aliphatic heterocycles. The third kappa shape index (κ3) is 6.03. The van der Waals surface area contributed by atoms with Gasteiger partial charge in [0.1, 0.15) is 0 Å². The van der Waals surface area contributed by atoms with E-state index in [1.807, 2.05) is 6.92 Å². The summed E-state index contributed by atoms with van der Waals surface area (Å²) in [6, 6.07) is 0.325. The molecule has 0 spiro atoms. The van der Waals surface area contributed by atoms with Crippen molar-refractivity contribution in [2.45, 2.75) is 52.1 Å². The van der Waals surface area contributed by atoms with Crippen molar-refractivity contribution in [1.82, 2.24) is 10.6 Å². The minimum Gasteiger partial charge on any atom is -0.385 e. The van der Waals surface area contributed by atoms with E-state index < -0.39 is 0 Å². The highest BCUT2D eigenvalue weighted by molar-refractivity contribution is 5.81. The molecule has 0 bridgehead atoms. The van der Waals surface area contributed by atoms with Gasteiger partial charge in [0, 0.05) is 26.3 Å². The fourth-order valence-electron chi connectivity index (χ4n) is 1.54.